The Bertz CT molecular complexity index is 744. The monoisotopic (exact) mass is 402 g/mol. The summed E-state index contributed by atoms with van der Waals surface area (Å²) in [6.45, 7) is 6.02. The zero-order valence-corrected chi connectivity index (χ0v) is 17.4. The highest BCUT2D eigenvalue weighted by Gasteiger charge is 2.18. The van der Waals surface area contributed by atoms with Gasteiger partial charge in [0.2, 0.25) is 5.91 Å². The zero-order chi connectivity index (χ0) is 19.1. The molecule has 1 N–H and O–H groups in total. The van der Waals surface area contributed by atoms with E-state index in [0.717, 1.165) is 23.4 Å². The van der Waals surface area contributed by atoms with Crippen LogP contribution in [0.4, 0.5) is 0 Å². The molecule has 0 radical (unpaired) electrons. The van der Waals surface area contributed by atoms with Crippen molar-refractivity contribution >= 4 is 29.3 Å². The lowest BCUT2D eigenvalue weighted by molar-refractivity contribution is -0.120. The molecule has 1 unspecified atom stereocenters. The maximum atomic E-state index is 12.6. The van der Waals surface area contributed by atoms with Crippen LogP contribution in [0, 0.1) is 0 Å². The van der Waals surface area contributed by atoms with Crippen LogP contribution in [0.2, 0.25) is 5.02 Å². The molecule has 2 aromatic rings. The van der Waals surface area contributed by atoms with Gasteiger partial charge in [-0.2, -0.15) is 0 Å². The van der Waals surface area contributed by atoms with E-state index in [1.807, 2.05) is 31.2 Å². The number of nitrogens with zero attached hydrogens (tertiary/aromatic N) is 1. The molecular weight excluding hydrogens is 376 g/mol. The number of hydrogen-bond acceptors (Lipinski definition) is 3. The van der Waals surface area contributed by atoms with E-state index >= 15 is 0 Å². The highest BCUT2D eigenvalue weighted by Crippen LogP contribution is 2.27. The van der Waals surface area contributed by atoms with Gasteiger partial charge in [-0.15, -0.1) is 11.8 Å². The second-order valence-electron chi connectivity index (χ2n) is 6.99. The van der Waals surface area contributed by atoms with E-state index in [4.69, 9.17) is 11.6 Å². The molecule has 0 aromatic heterocycles. The maximum Gasteiger partial charge on any atom is 0.233 e. The first-order chi connectivity index (χ1) is 13.1. The van der Waals surface area contributed by atoms with Gasteiger partial charge in [0.25, 0.3) is 0 Å². The molecule has 0 aliphatic carbocycles. The normalized spacial score (nSPS) is 15.6. The largest absolute Gasteiger partial charge is 0.351 e. The summed E-state index contributed by atoms with van der Waals surface area (Å²) in [5.74, 6) is 0.0856. The number of halogens is 1. The number of nitrogens with one attached hydrogen (secondary N) is 1. The molecule has 27 heavy (non-hydrogen) atoms. The van der Waals surface area contributed by atoms with Crippen molar-refractivity contribution in [2.75, 3.05) is 13.1 Å². The number of carbonyl (C=O) groups is 1. The lowest BCUT2D eigenvalue weighted by atomic mass is 10.1. The van der Waals surface area contributed by atoms with Crippen molar-refractivity contribution in [3.63, 3.8) is 0 Å². The molecule has 1 aliphatic rings. The molecule has 1 aliphatic heterocycles. The van der Waals surface area contributed by atoms with Crippen molar-refractivity contribution in [3.8, 4) is 0 Å². The average Bonchev–Trinajstić information content (AvgIpc) is 3.19. The number of rotatable bonds is 8. The Balaban J connectivity index is 1.53. The third-order valence-electron chi connectivity index (χ3n) is 4.82. The summed E-state index contributed by atoms with van der Waals surface area (Å²) >= 11 is 7.52. The lowest BCUT2D eigenvalue weighted by Crippen LogP contribution is -2.31. The van der Waals surface area contributed by atoms with Gasteiger partial charge in [0.05, 0.1) is 5.25 Å². The predicted molar refractivity (Wildman–Crippen MR) is 114 cm³/mol. The minimum Gasteiger partial charge on any atom is -0.351 e. The summed E-state index contributed by atoms with van der Waals surface area (Å²) in [5, 5.41) is 3.72. The smallest absolute Gasteiger partial charge is 0.233 e. The second kappa shape index (κ2) is 10.2. The zero-order valence-electron chi connectivity index (χ0n) is 15.8. The molecule has 0 bridgehead atoms. The second-order valence-corrected chi connectivity index (χ2v) is 8.70. The highest BCUT2D eigenvalue weighted by atomic mass is 35.5. The summed E-state index contributed by atoms with van der Waals surface area (Å²) in [5.41, 5.74) is 2.48. The Morgan fingerprint density at radius 1 is 1.15 bits per heavy atom. The molecule has 144 valence electrons. The summed E-state index contributed by atoms with van der Waals surface area (Å²) in [6.07, 6.45) is 3.40. The summed E-state index contributed by atoms with van der Waals surface area (Å²) < 4.78 is 0. The van der Waals surface area contributed by atoms with E-state index in [1.54, 1.807) is 11.8 Å². The van der Waals surface area contributed by atoms with Crippen LogP contribution in [-0.2, 0) is 17.9 Å². The fraction of sp³-hybridized carbons (Fsp3) is 0.409. The van der Waals surface area contributed by atoms with Crippen molar-refractivity contribution in [2.45, 2.75) is 49.4 Å². The standard InChI is InChI=1S/C22H27ClN2OS/c1-2-21(27-20-10-8-19(23)9-11-20)22(26)24-15-17-6-5-7-18(14-17)16-25-12-3-4-13-25/h5-11,14,21H,2-4,12-13,15-16H2,1H3,(H,24,26). The van der Waals surface area contributed by atoms with Gasteiger partial charge in [0.1, 0.15) is 0 Å². The first-order valence-corrected chi connectivity index (χ1v) is 10.9. The highest BCUT2D eigenvalue weighted by molar-refractivity contribution is 8.00. The van der Waals surface area contributed by atoms with Crippen LogP contribution >= 0.6 is 23.4 Å². The topological polar surface area (TPSA) is 32.3 Å². The van der Waals surface area contributed by atoms with Crippen LogP contribution in [0.25, 0.3) is 0 Å². The fourth-order valence-corrected chi connectivity index (χ4v) is 4.44. The van der Waals surface area contributed by atoms with Crippen LogP contribution in [-0.4, -0.2) is 29.1 Å². The van der Waals surface area contributed by atoms with E-state index in [2.05, 4.69) is 34.5 Å². The van der Waals surface area contributed by atoms with Crippen LogP contribution in [0.1, 0.15) is 37.3 Å². The number of amides is 1. The molecule has 0 spiro atoms. The Kier molecular flexibility index (Phi) is 7.62. The Hall–Kier alpha value is -1.49. The van der Waals surface area contributed by atoms with E-state index in [9.17, 15) is 4.79 Å². The number of likely N-dealkylation sites (tertiary alicyclic amines) is 1. The van der Waals surface area contributed by atoms with Crippen molar-refractivity contribution in [1.29, 1.82) is 0 Å². The van der Waals surface area contributed by atoms with Gasteiger partial charge < -0.3 is 5.32 Å². The number of thioether (sulfide) groups is 1. The third-order valence-corrected chi connectivity index (χ3v) is 6.45. The molecule has 1 atom stereocenters. The van der Waals surface area contributed by atoms with Gasteiger partial charge in [-0.25, -0.2) is 0 Å². The van der Waals surface area contributed by atoms with E-state index in [0.29, 0.717) is 11.6 Å². The van der Waals surface area contributed by atoms with Crippen LogP contribution < -0.4 is 5.32 Å². The molecule has 3 rings (SSSR count). The third kappa shape index (κ3) is 6.27. The van der Waals surface area contributed by atoms with Gasteiger partial charge in [-0.3, -0.25) is 9.69 Å². The Morgan fingerprint density at radius 2 is 1.85 bits per heavy atom. The fourth-order valence-electron chi connectivity index (χ4n) is 3.34. The van der Waals surface area contributed by atoms with Crippen LogP contribution in [0.3, 0.4) is 0 Å². The first-order valence-electron chi connectivity index (χ1n) is 9.64. The van der Waals surface area contributed by atoms with Crippen LogP contribution in [0.15, 0.2) is 53.4 Å². The quantitative estimate of drug-likeness (QED) is 0.621. The minimum absolute atomic E-state index is 0.0856. The molecule has 1 saturated heterocycles. The van der Waals surface area contributed by atoms with E-state index in [-0.39, 0.29) is 11.2 Å². The molecule has 3 nitrogen and oxygen atoms in total. The van der Waals surface area contributed by atoms with E-state index in [1.165, 1.54) is 31.5 Å². The molecule has 5 heteroatoms. The molecule has 1 heterocycles. The summed E-state index contributed by atoms with van der Waals surface area (Å²) in [7, 11) is 0. The van der Waals surface area contributed by atoms with Gasteiger partial charge in [0.15, 0.2) is 0 Å². The lowest BCUT2D eigenvalue weighted by Gasteiger charge is -2.16. The molecular formula is C22H27ClN2OS. The van der Waals surface area contributed by atoms with Gasteiger partial charge in [-0.1, -0.05) is 42.8 Å². The predicted octanol–water partition coefficient (Wildman–Crippen LogP) is 5.12. The summed E-state index contributed by atoms with van der Waals surface area (Å²) in [6, 6.07) is 16.2. The van der Waals surface area contributed by atoms with Gasteiger partial charge in [-0.05, 0) is 67.7 Å². The number of benzene rings is 2. The number of carbonyl (C=O) groups excluding carboxylic acids is 1. The van der Waals surface area contributed by atoms with E-state index < -0.39 is 0 Å². The first kappa shape index (κ1) is 20.2. The Labute approximate surface area is 171 Å². The Morgan fingerprint density at radius 3 is 2.56 bits per heavy atom. The minimum atomic E-state index is -0.0982. The van der Waals surface area contributed by atoms with Crippen LogP contribution in [0.5, 0.6) is 0 Å². The van der Waals surface area contributed by atoms with Crippen molar-refractivity contribution in [3.05, 3.63) is 64.7 Å². The molecule has 2 aromatic carbocycles. The van der Waals surface area contributed by atoms with Crippen molar-refractivity contribution in [2.24, 2.45) is 0 Å². The number of hydrogen-bond donors (Lipinski definition) is 1. The SMILES string of the molecule is CCC(Sc1ccc(Cl)cc1)C(=O)NCc1cccc(CN2CCCC2)c1. The molecule has 1 amide bonds. The molecule has 0 saturated carbocycles. The summed E-state index contributed by atoms with van der Waals surface area (Å²) in [4.78, 5) is 16.2. The maximum absolute atomic E-state index is 12.6. The van der Waals surface area contributed by atoms with Crippen molar-refractivity contribution < 1.29 is 4.79 Å². The van der Waals surface area contributed by atoms with Crippen molar-refractivity contribution in [1.82, 2.24) is 10.2 Å². The average molecular weight is 403 g/mol. The molecule has 1 fully saturated rings. The van der Waals surface area contributed by atoms with Gasteiger partial charge >= 0.3 is 0 Å². The van der Waals surface area contributed by atoms with Gasteiger partial charge in [0, 0.05) is 23.0 Å².